The largest absolute Gasteiger partial charge is 0.508 e. The number of benzene rings is 2. The highest BCUT2D eigenvalue weighted by atomic mass is 16.5. The summed E-state index contributed by atoms with van der Waals surface area (Å²) in [6.07, 6.45) is 0. The fourth-order valence-electron chi connectivity index (χ4n) is 3.14. The molecule has 2 N–H and O–H groups in total. The SMILES string of the molecule is CCOC(=O)c1ccc(C(=O)Nc2cc(C)n(Cc3cc(O)ccc3OCC(C)C)n2)cc1. The maximum Gasteiger partial charge on any atom is 0.338 e. The van der Waals surface area contributed by atoms with E-state index in [-0.39, 0.29) is 18.3 Å². The van der Waals surface area contributed by atoms with Crippen LogP contribution in [0.15, 0.2) is 48.5 Å². The number of phenols is 1. The number of rotatable bonds is 9. The van der Waals surface area contributed by atoms with Gasteiger partial charge in [0.25, 0.3) is 5.91 Å². The van der Waals surface area contributed by atoms with Crippen molar-refractivity contribution in [3.05, 3.63) is 70.9 Å². The molecule has 3 rings (SSSR count). The van der Waals surface area contributed by atoms with Gasteiger partial charge in [-0.05, 0) is 62.2 Å². The second-order valence-corrected chi connectivity index (χ2v) is 8.08. The summed E-state index contributed by atoms with van der Waals surface area (Å²) in [4.78, 5) is 24.4. The van der Waals surface area contributed by atoms with Crippen LogP contribution in [-0.2, 0) is 11.3 Å². The lowest BCUT2D eigenvalue weighted by Crippen LogP contribution is -2.14. The minimum Gasteiger partial charge on any atom is -0.508 e. The highest BCUT2D eigenvalue weighted by molar-refractivity contribution is 6.04. The Bertz CT molecular complexity index is 1120. The van der Waals surface area contributed by atoms with Crippen molar-refractivity contribution in [2.24, 2.45) is 5.92 Å². The molecule has 0 bridgehead atoms. The maximum atomic E-state index is 12.6. The lowest BCUT2D eigenvalue weighted by atomic mass is 10.1. The summed E-state index contributed by atoms with van der Waals surface area (Å²) in [6.45, 7) is 8.98. The molecular formula is C25H29N3O5. The summed E-state index contributed by atoms with van der Waals surface area (Å²) in [6, 6.07) is 13.0. The van der Waals surface area contributed by atoms with E-state index < -0.39 is 5.97 Å². The van der Waals surface area contributed by atoms with E-state index in [1.165, 1.54) is 0 Å². The van der Waals surface area contributed by atoms with Crippen molar-refractivity contribution in [3.63, 3.8) is 0 Å². The molecule has 0 aliphatic carbocycles. The lowest BCUT2D eigenvalue weighted by Gasteiger charge is -2.14. The van der Waals surface area contributed by atoms with Gasteiger partial charge in [-0.3, -0.25) is 9.48 Å². The van der Waals surface area contributed by atoms with Crippen molar-refractivity contribution < 1.29 is 24.2 Å². The molecule has 0 spiro atoms. The summed E-state index contributed by atoms with van der Waals surface area (Å²) in [5.74, 6) is 0.828. The van der Waals surface area contributed by atoms with Gasteiger partial charge in [0.05, 0.1) is 25.3 Å². The van der Waals surface area contributed by atoms with E-state index in [9.17, 15) is 14.7 Å². The number of aromatic hydroxyl groups is 1. The second kappa shape index (κ2) is 10.7. The third kappa shape index (κ3) is 6.35. The first-order valence-electron chi connectivity index (χ1n) is 10.8. The molecule has 1 heterocycles. The van der Waals surface area contributed by atoms with Crippen molar-refractivity contribution in [1.29, 1.82) is 0 Å². The molecule has 1 aromatic heterocycles. The van der Waals surface area contributed by atoms with Crippen LogP contribution in [0.2, 0.25) is 0 Å². The first-order valence-corrected chi connectivity index (χ1v) is 10.8. The zero-order valence-corrected chi connectivity index (χ0v) is 19.3. The van der Waals surface area contributed by atoms with Gasteiger partial charge < -0.3 is 19.9 Å². The van der Waals surface area contributed by atoms with E-state index in [1.54, 1.807) is 60.1 Å². The summed E-state index contributed by atoms with van der Waals surface area (Å²) in [5, 5.41) is 17.2. The van der Waals surface area contributed by atoms with E-state index in [0.717, 1.165) is 11.3 Å². The Kier molecular flexibility index (Phi) is 7.71. The van der Waals surface area contributed by atoms with Crippen molar-refractivity contribution in [2.45, 2.75) is 34.2 Å². The second-order valence-electron chi connectivity index (χ2n) is 8.08. The van der Waals surface area contributed by atoms with Crippen LogP contribution in [0, 0.1) is 12.8 Å². The topological polar surface area (TPSA) is 103 Å². The van der Waals surface area contributed by atoms with E-state index in [4.69, 9.17) is 9.47 Å². The molecule has 33 heavy (non-hydrogen) atoms. The fourth-order valence-corrected chi connectivity index (χ4v) is 3.14. The number of aromatic nitrogens is 2. The number of ether oxygens (including phenoxy) is 2. The molecule has 3 aromatic rings. The smallest absolute Gasteiger partial charge is 0.338 e. The van der Waals surface area contributed by atoms with Gasteiger partial charge in [0.15, 0.2) is 5.82 Å². The van der Waals surface area contributed by atoms with Gasteiger partial charge in [0.1, 0.15) is 11.5 Å². The zero-order valence-electron chi connectivity index (χ0n) is 19.3. The van der Waals surface area contributed by atoms with Crippen molar-refractivity contribution in [1.82, 2.24) is 9.78 Å². The molecule has 0 aliphatic rings. The Labute approximate surface area is 193 Å². The Hall–Kier alpha value is -3.81. The molecule has 0 saturated heterocycles. The number of amides is 1. The number of aryl methyl sites for hydroxylation is 1. The molecule has 0 aliphatic heterocycles. The van der Waals surface area contributed by atoms with Crippen LogP contribution in [0.3, 0.4) is 0 Å². The molecule has 174 valence electrons. The predicted molar refractivity (Wildman–Crippen MR) is 125 cm³/mol. The average molecular weight is 452 g/mol. The van der Waals surface area contributed by atoms with Gasteiger partial charge in [-0.2, -0.15) is 5.10 Å². The first-order chi connectivity index (χ1) is 15.8. The summed E-state index contributed by atoms with van der Waals surface area (Å²) < 4.78 is 12.6. The third-order valence-corrected chi connectivity index (χ3v) is 4.82. The lowest BCUT2D eigenvalue weighted by molar-refractivity contribution is 0.0526. The highest BCUT2D eigenvalue weighted by Gasteiger charge is 2.14. The molecule has 0 fully saturated rings. The third-order valence-electron chi connectivity index (χ3n) is 4.82. The van der Waals surface area contributed by atoms with Gasteiger partial charge in [0.2, 0.25) is 0 Å². The Balaban J connectivity index is 1.71. The zero-order chi connectivity index (χ0) is 24.0. The van der Waals surface area contributed by atoms with Crippen molar-refractivity contribution in [3.8, 4) is 11.5 Å². The number of carbonyl (C=O) groups excluding carboxylic acids is 2. The minimum absolute atomic E-state index is 0.145. The quantitative estimate of drug-likeness (QED) is 0.467. The van der Waals surface area contributed by atoms with Gasteiger partial charge in [-0.25, -0.2) is 4.79 Å². The first kappa shape index (κ1) is 23.8. The molecule has 1 amide bonds. The van der Waals surface area contributed by atoms with Crippen LogP contribution < -0.4 is 10.1 Å². The number of nitrogens with one attached hydrogen (secondary N) is 1. The van der Waals surface area contributed by atoms with Gasteiger partial charge >= 0.3 is 5.97 Å². The number of carbonyl (C=O) groups is 2. The monoisotopic (exact) mass is 451 g/mol. The van der Waals surface area contributed by atoms with E-state index >= 15 is 0 Å². The number of phenolic OH excluding ortho intramolecular Hbond substituents is 1. The maximum absolute atomic E-state index is 12.6. The average Bonchev–Trinajstić information content (AvgIpc) is 3.11. The van der Waals surface area contributed by atoms with E-state index in [0.29, 0.717) is 41.8 Å². The van der Waals surface area contributed by atoms with Crippen LogP contribution in [0.4, 0.5) is 5.82 Å². The molecule has 2 aromatic carbocycles. The van der Waals surface area contributed by atoms with Crippen molar-refractivity contribution >= 4 is 17.7 Å². The Morgan fingerprint density at radius 3 is 2.45 bits per heavy atom. The minimum atomic E-state index is -0.428. The molecule has 8 heteroatoms. The molecule has 0 unspecified atom stereocenters. The number of anilines is 1. The molecule has 8 nitrogen and oxygen atoms in total. The standard InChI is InChI=1S/C25H29N3O5/c1-5-32-25(31)19-8-6-18(7-9-19)24(30)26-23-12-17(4)28(27-23)14-20-13-21(29)10-11-22(20)33-15-16(2)3/h6-13,16,29H,5,14-15H2,1-4H3,(H,26,27,30). The van der Waals surface area contributed by atoms with Crippen LogP contribution >= 0.6 is 0 Å². The normalized spacial score (nSPS) is 10.8. The highest BCUT2D eigenvalue weighted by Crippen LogP contribution is 2.26. The Morgan fingerprint density at radius 2 is 1.79 bits per heavy atom. The Morgan fingerprint density at radius 1 is 1.09 bits per heavy atom. The summed E-state index contributed by atoms with van der Waals surface area (Å²) in [7, 11) is 0. The number of hydrogen-bond acceptors (Lipinski definition) is 6. The van der Waals surface area contributed by atoms with Crippen LogP contribution in [0.1, 0.15) is 52.7 Å². The number of esters is 1. The van der Waals surface area contributed by atoms with Gasteiger partial charge in [-0.15, -0.1) is 0 Å². The molecule has 0 radical (unpaired) electrons. The van der Waals surface area contributed by atoms with E-state index in [2.05, 4.69) is 24.3 Å². The number of nitrogens with zero attached hydrogens (tertiary/aromatic N) is 2. The van der Waals surface area contributed by atoms with E-state index in [1.807, 2.05) is 6.92 Å². The molecular weight excluding hydrogens is 422 g/mol. The molecule has 0 atom stereocenters. The molecule has 0 saturated carbocycles. The van der Waals surface area contributed by atoms with Crippen LogP contribution in [-0.4, -0.2) is 40.0 Å². The van der Waals surface area contributed by atoms with Crippen LogP contribution in [0.25, 0.3) is 0 Å². The summed E-state index contributed by atoms with van der Waals surface area (Å²) >= 11 is 0. The summed E-state index contributed by atoms with van der Waals surface area (Å²) in [5.41, 5.74) is 2.40. The van der Waals surface area contributed by atoms with Crippen LogP contribution in [0.5, 0.6) is 11.5 Å². The van der Waals surface area contributed by atoms with Crippen molar-refractivity contribution in [2.75, 3.05) is 18.5 Å². The fraction of sp³-hybridized carbons (Fsp3) is 0.320. The number of hydrogen-bond donors (Lipinski definition) is 2. The van der Waals surface area contributed by atoms with Gasteiger partial charge in [0, 0.05) is 22.9 Å². The van der Waals surface area contributed by atoms with Gasteiger partial charge in [-0.1, -0.05) is 13.8 Å². The predicted octanol–water partition coefficient (Wildman–Crippen LogP) is 4.41.